The van der Waals surface area contributed by atoms with Crippen LogP contribution in [-0.4, -0.2) is 85.1 Å². The van der Waals surface area contributed by atoms with Crippen molar-refractivity contribution < 1.29 is 14.3 Å². The summed E-state index contributed by atoms with van der Waals surface area (Å²) in [6.45, 7) is 8.78. The van der Waals surface area contributed by atoms with Crippen molar-refractivity contribution in [2.75, 3.05) is 69.0 Å². The number of carbonyl (C=O) groups excluding carboxylic acids is 1. The summed E-state index contributed by atoms with van der Waals surface area (Å²) < 4.78 is 11.7. The summed E-state index contributed by atoms with van der Waals surface area (Å²) in [6, 6.07) is 13.7. The molecule has 39 heavy (non-hydrogen) atoms. The van der Waals surface area contributed by atoms with Crippen LogP contribution in [0.1, 0.15) is 0 Å². The Bertz CT molecular complexity index is 1340. The van der Waals surface area contributed by atoms with Gasteiger partial charge in [-0.2, -0.15) is 4.98 Å². The summed E-state index contributed by atoms with van der Waals surface area (Å²) in [4.78, 5) is 26.9. The summed E-state index contributed by atoms with van der Waals surface area (Å²) in [7, 11) is 3.78. The van der Waals surface area contributed by atoms with Gasteiger partial charge >= 0.3 is 0 Å². The van der Waals surface area contributed by atoms with Gasteiger partial charge < -0.3 is 34.8 Å². The molecule has 0 saturated carbocycles. The first kappa shape index (κ1) is 26.6. The summed E-state index contributed by atoms with van der Waals surface area (Å²) in [5, 5.41) is 6.92. The highest BCUT2D eigenvalue weighted by atomic mass is 35.5. The fourth-order valence-electron chi connectivity index (χ4n) is 4.52. The summed E-state index contributed by atoms with van der Waals surface area (Å²) in [6.07, 6.45) is 2.83. The molecule has 3 aromatic rings. The number of likely N-dealkylation sites (N-methyl/N-ethyl adjacent to an activating group) is 1. The number of nitrogens with zero attached hydrogens (tertiary/aromatic N) is 5. The number of hydrogen-bond acceptors (Lipinski definition) is 9. The smallest absolute Gasteiger partial charge is 0.246 e. The maximum Gasteiger partial charge on any atom is 0.246 e. The molecule has 0 radical (unpaired) electrons. The molecule has 0 atom stereocenters. The van der Waals surface area contributed by atoms with Crippen LogP contribution in [0.15, 0.2) is 61.3 Å². The number of aromatic nitrogens is 2. The Labute approximate surface area is 233 Å². The number of halogens is 1. The third-order valence-electron chi connectivity index (χ3n) is 6.80. The maximum absolute atomic E-state index is 11.7. The monoisotopic (exact) mass is 549 g/mol. The van der Waals surface area contributed by atoms with Gasteiger partial charge in [0.05, 0.1) is 25.0 Å². The minimum absolute atomic E-state index is 0.0588. The van der Waals surface area contributed by atoms with Gasteiger partial charge in [0.2, 0.25) is 17.7 Å². The van der Waals surface area contributed by atoms with Crippen LogP contribution in [-0.2, 0) is 4.79 Å². The lowest BCUT2D eigenvalue weighted by Crippen LogP contribution is -2.56. The Hall–Kier alpha value is -4.02. The van der Waals surface area contributed by atoms with Crippen molar-refractivity contribution in [2.24, 2.45) is 0 Å². The predicted molar refractivity (Wildman–Crippen MR) is 154 cm³/mol. The number of methoxy groups -OCH3 is 1. The van der Waals surface area contributed by atoms with E-state index in [1.165, 1.54) is 12.3 Å². The lowest BCUT2D eigenvalue weighted by Gasteiger charge is -2.39. The van der Waals surface area contributed by atoms with Gasteiger partial charge in [0.25, 0.3) is 0 Å². The quantitative estimate of drug-likeness (QED) is 0.380. The molecule has 2 fully saturated rings. The Morgan fingerprint density at radius 3 is 2.69 bits per heavy atom. The molecule has 3 heterocycles. The number of likely N-dealkylation sites (tertiary alicyclic amines) is 1. The molecule has 2 aliphatic rings. The van der Waals surface area contributed by atoms with Crippen molar-refractivity contribution in [3.63, 3.8) is 0 Å². The van der Waals surface area contributed by atoms with Crippen molar-refractivity contribution in [2.45, 2.75) is 6.04 Å². The standard InChI is InChI=1S/C28H32ClN7O3/c1-4-26(37)36-17-20(18-36)31-19-6-5-7-22(14-19)39-27-23(29)16-30-28(33-27)32-24-9-8-21(15-25(24)38-3)35-12-10-34(2)11-13-35/h4-9,14-16,20,31H,1,10-13,17-18H2,2-3H3,(H,30,32,33). The molecule has 204 valence electrons. The summed E-state index contributed by atoms with van der Waals surface area (Å²) in [5.74, 6) is 1.76. The highest BCUT2D eigenvalue weighted by molar-refractivity contribution is 6.31. The normalized spacial score (nSPS) is 15.9. The average Bonchev–Trinajstić information content (AvgIpc) is 2.93. The fraction of sp³-hybridized carbons (Fsp3) is 0.321. The summed E-state index contributed by atoms with van der Waals surface area (Å²) in [5.41, 5.74) is 2.72. The second-order valence-electron chi connectivity index (χ2n) is 9.57. The Morgan fingerprint density at radius 1 is 1.15 bits per heavy atom. The van der Waals surface area contributed by atoms with Crippen molar-refractivity contribution >= 4 is 40.5 Å². The van der Waals surface area contributed by atoms with E-state index in [9.17, 15) is 4.79 Å². The largest absolute Gasteiger partial charge is 0.494 e. The van der Waals surface area contributed by atoms with Crippen molar-refractivity contribution in [1.82, 2.24) is 19.8 Å². The van der Waals surface area contributed by atoms with E-state index >= 15 is 0 Å². The highest BCUT2D eigenvalue weighted by Gasteiger charge is 2.29. The third kappa shape index (κ3) is 6.35. The number of piperazine rings is 1. The lowest BCUT2D eigenvalue weighted by atomic mass is 10.1. The van der Waals surface area contributed by atoms with Crippen molar-refractivity contribution in [1.29, 1.82) is 0 Å². The molecule has 0 spiro atoms. The maximum atomic E-state index is 11.7. The number of amides is 1. The number of nitrogens with one attached hydrogen (secondary N) is 2. The minimum Gasteiger partial charge on any atom is -0.494 e. The highest BCUT2D eigenvalue weighted by Crippen LogP contribution is 2.34. The van der Waals surface area contributed by atoms with Crippen LogP contribution in [0.25, 0.3) is 0 Å². The van der Waals surface area contributed by atoms with Crippen LogP contribution in [0.3, 0.4) is 0 Å². The van der Waals surface area contributed by atoms with E-state index in [-0.39, 0.29) is 22.9 Å². The lowest BCUT2D eigenvalue weighted by molar-refractivity contribution is -0.129. The van der Waals surface area contributed by atoms with Crippen molar-refractivity contribution in [3.05, 3.63) is 66.3 Å². The SMILES string of the molecule is C=CC(=O)N1CC(Nc2cccc(Oc3nc(Nc4ccc(N5CCN(C)CC5)cc4OC)ncc3Cl)c2)C1. The van der Waals surface area contributed by atoms with Gasteiger partial charge in [-0.05, 0) is 37.4 Å². The Morgan fingerprint density at radius 2 is 1.95 bits per heavy atom. The van der Waals surface area contributed by atoms with E-state index in [1.54, 1.807) is 12.0 Å². The van der Waals surface area contributed by atoms with Crippen LogP contribution in [0.4, 0.5) is 23.0 Å². The van der Waals surface area contributed by atoms with Crippen LogP contribution in [0.2, 0.25) is 5.02 Å². The second kappa shape index (κ2) is 11.8. The van der Waals surface area contributed by atoms with Crippen molar-refractivity contribution in [3.8, 4) is 17.4 Å². The number of hydrogen-bond donors (Lipinski definition) is 2. The van der Waals surface area contributed by atoms with Crippen LogP contribution >= 0.6 is 11.6 Å². The van der Waals surface area contributed by atoms with Gasteiger partial charge in [-0.3, -0.25) is 4.79 Å². The van der Waals surface area contributed by atoms with Gasteiger partial charge in [0.1, 0.15) is 16.5 Å². The Kier molecular flexibility index (Phi) is 8.04. The van der Waals surface area contributed by atoms with E-state index in [4.69, 9.17) is 21.1 Å². The van der Waals surface area contributed by atoms with Crippen LogP contribution in [0, 0.1) is 0 Å². The molecule has 1 amide bonds. The van der Waals surface area contributed by atoms with Crippen LogP contribution < -0.4 is 25.0 Å². The molecular formula is C28H32ClN7O3. The number of ether oxygens (including phenoxy) is 2. The number of carbonyl (C=O) groups is 1. The first-order valence-corrected chi connectivity index (χ1v) is 13.2. The molecule has 2 saturated heterocycles. The molecule has 0 bridgehead atoms. The second-order valence-corrected chi connectivity index (χ2v) is 9.97. The first-order chi connectivity index (χ1) is 18.9. The topological polar surface area (TPSA) is 95.1 Å². The zero-order valence-electron chi connectivity index (χ0n) is 22.1. The molecule has 2 aliphatic heterocycles. The summed E-state index contributed by atoms with van der Waals surface area (Å²) >= 11 is 6.37. The van der Waals surface area contributed by atoms with E-state index in [0.717, 1.165) is 43.2 Å². The average molecular weight is 550 g/mol. The van der Waals surface area contributed by atoms with E-state index in [2.05, 4.69) is 50.1 Å². The molecule has 0 unspecified atom stereocenters. The molecule has 2 aromatic carbocycles. The molecule has 1 aromatic heterocycles. The Balaban J connectivity index is 1.25. The molecular weight excluding hydrogens is 518 g/mol. The minimum atomic E-state index is -0.0588. The zero-order valence-corrected chi connectivity index (χ0v) is 22.8. The number of rotatable bonds is 9. The van der Waals surface area contributed by atoms with E-state index < -0.39 is 0 Å². The van der Waals surface area contributed by atoms with Gasteiger partial charge in [0.15, 0.2) is 0 Å². The van der Waals surface area contributed by atoms with Crippen LogP contribution in [0.5, 0.6) is 17.4 Å². The van der Waals surface area contributed by atoms with Gasteiger partial charge in [0, 0.05) is 62.8 Å². The molecule has 10 nitrogen and oxygen atoms in total. The molecule has 2 N–H and O–H groups in total. The van der Waals surface area contributed by atoms with Gasteiger partial charge in [-0.25, -0.2) is 4.98 Å². The molecule has 0 aliphatic carbocycles. The zero-order chi connectivity index (χ0) is 27.4. The fourth-order valence-corrected chi connectivity index (χ4v) is 4.65. The number of anilines is 4. The van der Waals surface area contributed by atoms with Gasteiger partial charge in [-0.15, -0.1) is 0 Å². The van der Waals surface area contributed by atoms with Gasteiger partial charge in [-0.1, -0.05) is 24.2 Å². The number of benzene rings is 2. The predicted octanol–water partition coefficient (Wildman–Crippen LogP) is 4.24. The van der Waals surface area contributed by atoms with E-state index in [0.29, 0.717) is 30.5 Å². The first-order valence-electron chi connectivity index (χ1n) is 12.8. The van der Waals surface area contributed by atoms with E-state index in [1.807, 2.05) is 36.4 Å². The molecule has 11 heteroatoms. The molecule has 5 rings (SSSR count). The third-order valence-corrected chi connectivity index (χ3v) is 7.06.